The van der Waals surface area contributed by atoms with Gasteiger partial charge in [0.1, 0.15) is 6.10 Å². The van der Waals surface area contributed by atoms with Crippen LogP contribution in [0.1, 0.15) is 41.5 Å². The minimum Gasteiger partial charge on any atom is -0.461 e. The number of aliphatic hydroxyl groups is 1. The van der Waals surface area contributed by atoms with Crippen LogP contribution in [0, 0.1) is 28.6 Å². The average molecular weight is 241 g/mol. The zero-order chi connectivity index (χ0) is 13.8. The third-order valence-corrected chi connectivity index (χ3v) is 3.05. The van der Waals surface area contributed by atoms with Gasteiger partial charge < -0.3 is 9.84 Å². The van der Waals surface area contributed by atoms with E-state index in [4.69, 9.17) is 10.00 Å². The van der Waals surface area contributed by atoms with E-state index in [1.54, 1.807) is 0 Å². The van der Waals surface area contributed by atoms with Crippen molar-refractivity contribution >= 4 is 5.97 Å². The van der Waals surface area contributed by atoms with Crippen molar-refractivity contribution in [3.05, 3.63) is 0 Å². The highest BCUT2D eigenvalue weighted by molar-refractivity contribution is 5.80. The lowest BCUT2D eigenvalue weighted by atomic mass is 9.86. The Morgan fingerprint density at radius 2 is 1.65 bits per heavy atom. The average Bonchev–Trinajstić information content (AvgIpc) is 2.22. The molecule has 4 nitrogen and oxygen atoms in total. The van der Waals surface area contributed by atoms with Crippen molar-refractivity contribution in [2.75, 3.05) is 0 Å². The van der Waals surface area contributed by atoms with Crippen molar-refractivity contribution in [3.63, 3.8) is 0 Å². The molecule has 0 aromatic carbocycles. The van der Waals surface area contributed by atoms with E-state index in [-0.39, 0.29) is 17.9 Å². The van der Waals surface area contributed by atoms with Crippen molar-refractivity contribution in [3.8, 4) is 6.07 Å². The monoisotopic (exact) mass is 241 g/mol. The minimum atomic E-state index is -1.50. The first-order valence-electron chi connectivity index (χ1n) is 5.97. The summed E-state index contributed by atoms with van der Waals surface area (Å²) in [6.07, 6.45) is -1.30. The molecule has 98 valence electrons. The van der Waals surface area contributed by atoms with Crippen LogP contribution in [0.4, 0.5) is 0 Å². The fourth-order valence-electron chi connectivity index (χ4n) is 1.60. The number of rotatable bonds is 5. The molecular weight excluding hydrogens is 218 g/mol. The zero-order valence-electron chi connectivity index (χ0n) is 11.5. The summed E-state index contributed by atoms with van der Waals surface area (Å²) < 4.78 is 5.37. The van der Waals surface area contributed by atoms with Gasteiger partial charge in [0, 0.05) is 0 Å². The van der Waals surface area contributed by atoms with Crippen LogP contribution in [0.25, 0.3) is 0 Å². The van der Waals surface area contributed by atoms with Gasteiger partial charge in [0.15, 0.2) is 5.41 Å². The van der Waals surface area contributed by atoms with E-state index in [0.29, 0.717) is 0 Å². The van der Waals surface area contributed by atoms with Gasteiger partial charge in [-0.3, -0.25) is 4.79 Å². The lowest BCUT2D eigenvalue weighted by Gasteiger charge is -2.30. The molecule has 0 spiro atoms. The smallest absolute Gasteiger partial charge is 0.329 e. The Bertz CT molecular complexity index is 296. The van der Waals surface area contributed by atoms with Crippen LogP contribution in [-0.2, 0) is 9.53 Å². The first-order chi connectivity index (χ1) is 7.66. The van der Waals surface area contributed by atoms with Gasteiger partial charge in [-0.25, -0.2) is 0 Å². The zero-order valence-corrected chi connectivity index (χ0v) is 11.5. The Morgan fingerprint density at radius 1 is 1.24 bits per heavy atom. The van der Waals surface area contributed by atoms with Crippen molar-refractivity contribution in [2.45, 2.75) is 53.8 Å². The molecule has 0 aliphatic heterocycles. The second-order valence-corrected chi connectivity index (χ2v) is 5.35. The number of aliphatic hydroxyl groups excluding tert-OH is 1. The summed E-state index contributed by atoms with van der Waals surface area (Å²) in [6.45, 7) is 10.7. The Labute approximate surface area is 104 Å². The molecule has 0 saturated heterocycles. The maximum Gasteiger partial charge on any atom is 0.329 e. The molecule has 0 saturated carbocycles. The van der Waals surface area contributed by atoms with Gasteiger partial charge in [-0.1, -0.05) is 27.7 Å². The van der Waals surface area contributed by atoms with Crippen LogP contribution >= 0.6 is 0 Å². The van der Waals surface area contributed by atoms with Crippen molar-refractivity contribution in [2.24, 2.45) is 17.3 Å². The van der Waals surface area contributed by atoms with Gasteiger partial charge in [0.25, 0.3) is 0 Å². The highest BCUT2D eigenvalue weighted by Crippen LogP contribution is 2.26. The molecule has 1 N–H and O–H groups in total. The maximum absolute atomic E-state index is 12.0. The normalized spacial score (nSPS) is 16.8. The van der Waals surface area contributed by atoms with E-state index >= 15 is 0 Å². The van der Waals surface area contributed by atoms with E-state index in [2.05, 4.69) is 0 Å². The van der Waals surface area contributed by atoms with Crippen LogP contribution in [0.15, 0.2) is 0 Å². The molecule has 0 heterocycles. The number of esters is 1. The fourth-order valence-corrected chi connectivity index (χ4v) is 1.60. The first kappa shape index (κ1) is 15.9. The van der Waals surface area contributed by atoms with Gasteiger partial charge in [0.05, 0.1) is 12.2 Å². The minimum absolute atomic E-state index is 0.177. The summed E-state index contributed by atoms with van der Waals surface area (Å²) in [5.74, 6) is -0.297. The van der Waals surface area contributed by atoms with Crippen molar-refractivity contribution in [1.29, 1.82) is 5.26 Å². The van der Waals surface area contributed by atoms with Crippen molar-refractivity contribution in [1.82, 2.24) is 0 Å². The van der Waals surface area contributed by atoms with Crippen LogP contribution in [0.2, 0.25) is 0 Å². The summed E-state index contributed by atoms with van der Waals surface area (Å²) >= 11 is 0. The number of carbonyl (C=O) groups is 1. The highest BCUT2D eigenvalue weighted by atomic mass is 16.5. The van der Waals surface area contributed by atoms with Crippen LogP contribution in [-0.4, -0.2) is 23.3 Å². The van der Waals surface area contributed by atoms with E-state index in [9.17, 15) is 9.90 Å². The van der Waals surface area contributed by atoms with Gasteiger partial charge in [0.2, 0.25) is 0 Å². The number of ether oxygens (including phenoxy) is 1. The molecular formula is C13H23NO3. The highest BCUT2D eigenvalue weighted by Gasteiger charge is 2.42. The third kappa shape index (κ3) is 3.71. The van der Waals surface area contributed by atoms with E-state index in [1.165, 1.54) is 13.8 Å². The number of carbonyl (C=O) groups excluding carboxylic acids is 1. The maximum atomic E-state index is 12.0. The molecule has 0 amide bonds. The SMILES string of the molecule is CC(C)C(OC(=O)[C@@](C)(C#N)[C@@H](C)O)C(C)C. The number of hydrogen-bond acceptors (Lipinski definition) is 4. The van der Waals surface area contributed by atoms with Gasteiger partial charge in [-0.05, 0) is 25.7 Å². The molecule has 2 atom stereocenters. The van der Waals surface area contributed by atoms with Gasteiger partial charge in [-0.15, -0.1) is 0 Å². The largest absolute Gasteiger partial charge is 0.461 e. The summed E-state index contributed by atoms with van der Waals surface area (Å²) in [6, 6.07) is 1.84. The molecule has 0 aliphatic rings. The molecule has 17 heavy (non-hydrogen) atoms. The molecule has 4 heteroatoms. The molecule has 0 rings (SSSR count). The molecule has 0 unspecified atom stereocenters. The molecule has 0 aliphatic carbocycles. The van der Waals surface area contributed by atoms with E-state index in [1.807, 2.05) is 33.8 Å². The number of nitrogens with zero attached hydrogens (tertiary/aromatic N) is 1. The molecule has 0 aromatic rings. The van der Waals surface area contributed by atoms with Gasteiger partial charge >= 0.3 is 5.97 Å². The van der Waals surface area contributed by atoms with Crippen LogP contribution in [0.5, 0.6) is 0 Å². The van der Waals surface area contributed by atoms with E-state index < -0.39 is 17.5 Å². The molecule has 0 bridgehead atoms. The Balaban J connectivity index is 4.90. The lowest BCUT2D eigenvalue weighted by Crippen LogP contribution is -2.42. The summed E-state index contributed by atoms with van der Waals surface area (Å²) in [4.78, 5) is 12.0. The topological polar surface area (TPSA) is 70.3 Å². The molecule has 0 radical (unpaired) electrons. The van der Waals surface area contributed by atoms with Crippen molar-refractivity contribution < 1.29 is 14.6 Å². The second kappa shape index (κ2) is 6.02. The van der Waals surface area contributed by atoms with Crippen LogP contribution < -0.4 is 0 Å². The standard InChI is InChI=1S/C13H23NO3/c1-8(2)11(9(3)4)17-12(16)13(6,7-14)10(5)15/h8-11,15H,1-6H3/t10-,13+/m1/s1. The lowest BCUT2D eigenvalue weighted by molar-refractivity contribution is -0.167. The molecule has 0 aromatic heterocycles. The van der Waals surface area contributed by atoms with E-state index in [0.717, 1.165) is 0 Å². The van der Waals surface area contributed by atoms with Crippen LogP contribution in [0.3, 0.4) is 0 Å². The summed E-state index contributed by atoms with van der Waals surface area (Å²) in [5.41, 5.74) is -1.50. The predicted octanol–water partition coefficient (Wildman–Crippen LogP) is 2.12. The number of hydrogen-bond donors (Lipinski definition) is 1. The third-order valence-electron chi connectivity index (χ3n) is 3.05. The fraction of sp³-hybridized carbons (Fsp3) is 0.846. The quantitative estimate of drug-likeness (QED) is 0.748. The Kier molecular flexibility index (Phi) is 5.63. The second-order valence-electron chi connectivity index (χ2n) is 5.35. The summed E-state index contributed by atoms with van der Waals surface area (Å²) in [7, 11) is 0. The predicted molar refractivity (Wildman–Crippen MR) is 65.0 cm³/mol. The first-order valence-corrected chi connectivity index (χ1v) is 5.97. The molecule has 0 fully saturated rings. The Morgan fingerprint density at radius 3 is 1.88 bits per heavy atom. The summed E-state index contributed by atoms with van der Waals surface area (Å²) in [5, 5.41) is 18.5. The van der Waals surface area contributed by atoms with Gasteiger partial charge in [-0.2, -0.15) is 5.26 Å². The number of nitriles is 1. The Hall–Kier alpha value is -1.08.